The minimum Gasteiger partial charge on any atom is -0.487 e. The molecule has 27 heavy (non-hydrogen) atoms. The van der Waals surface area contributed by atoms with Crippen LogP contribution in [0.25, 0.3) is 0 Å². The molecule has 0 aliphatic carbocycles. The Morgan fingerprint density at radius 2 is 2.07 bits per heavy atom. The Hall–Kier alpha value is -1.97. The quantitative estimate of drug-likeness (QED) is 0.781. The fourth-order valence-electron chi connectivity index (χ4n) is 3.56. The van der Waals surface area contributed by atoms with E-state index < -0.39 is 10.0 Å². The fourth-order valence-corrected chi connectivity index (χ4v) is 4.74. The molecule has 0 amide bonds. The Balaban J connectivity index is 1.57. The highest BCUT2D eigenvalue weighted by Crippen LogP contribution is 2.36. The van der Waals surface area contributed by atoms with Gasteiger partial charge in [0.25, 0.3) is 0 Å². The number of sulfonamides is 1. The summed E-state index contributed by atoms with van der Waals surface area (Å²) in [5.41, 5.74) is 0.612. The van der Waals surface area contributed by atoms with Gasteiger partial charge in [-0.3, -0.25) is 0 Å². The van der Waals surface area contributed by atoms with Crippen LogP contribution in [-0.2, 0) is 40.7 Å². The molecule has 0 spiro atoms. The van der Waals surface area contributed by atoms with Crippen molar-refractivity contribution in [2.45, 2.75) is 50.3 Å². The number of benzene rings is 1. The number of ether oxygens (including phenoxy) is 2. The Bertz CT molecular complexity index is 968. The third kappa shape index (κ3) is 3.46. The molecule has 0 atom stereocenters. The summed E-state index contributed by atoms with van der Waals surface area (Å²) < 4.78 is 40.7. The van der Waals surface area contributed by atoms with Gasteiger partial charge in [-0.25, -0.2) is 8.42 Å². The molecule has 146 valence electrons. The highest BCUT2D eigenvalue weighted by molar-refractivity contribution is 7.89. The first kappa shape index (κ1) is 18.4. The first-order valence-electron chi connectivity index (χ1n) is 9.03. The minimum absolute atomic E-state index is 0.161. The van der Waals surface area contributed by atoms with Crippen LogP contribution in [0.15, 0.2) is 23.1 Å². The van der Waals surface area contributed by atoms with Gasteiger partial charge in [-0.1, -0.05) is 0 Å². The number of rotatable bonds is 4. The van der Waals surface area contributed by atoms with Gasteiger partial charge in [-0.15, -0.1) is 10.2 Å². The van der Waals surface area contributed by atoms with Crippen molar-refractivity contribution in [3.05, 3.63) is 35.4 Å². The van der Waals surface area contributed by atoms with E-state index in [0.717, 1.165) is 17.1 Å². The van der Waals surface area contributed by atoms with Crippen molar-refractivity contribution in [2.75, 3.05) is 20.3 Å². The van der Waals surface area contributed by atoms with E-state index in [1.165, 1.54) is 4.31 Å². The van der Waals surface area contributed by atoms with Crippen LogP contribution in [0.3, 0.4) is 0 Å². The second kappa shape index (κ2) is 6.57. The highest BCUT2D eigenvalue weighted by atomic mass is 32.2. The molecule has 0 N–H and O–H groups in total. The minimum atomic E-state index is -3.64. The third-order valence-electron chi connectivity index (χ3n) is 4.94. The first-order chi connectivity index (χ1) is 12.8. The van der Waals surface area contributed by atoms with Crippen molar-refractivity contribution in [1.29, 1.82) is 0 Å². The van der Waals surface area contributed by atoms with Crippen molar-refractivity contribution in [2.24, 2.45) is 0 Å². The third-order valence-corrected chi connectivity index (χ3v) is 6.74. The zero-order valence-electron chi connectivity index (χ0n) is 15.8. The lowest BCUT2D eigenvalue weighted by Crippen LogP contribution is -2.28. The maximum absolute atomic E-state index is 13.1. The average Bonchev–Trinajstić information content (AvgIpc) is 3.02. The van der Waals surface area contributed by atoms with Gasteiger partial charge < -0.3 is 14.0 Å². The van der Waals surface area contributed by atoms with E-state index in [0.29, 0.717) is 38.4 Å². The number of hydrogen-bond donors (Lipinski definition) is 0. The van der Waals surface area contributed by atoms with Gasteiger partial charge >= 0.3 is 0 Å². The number of aromatic nitrogens is 3. The monoisotopic (exact) mass is 392 g/mol. The van der Waals surface area contributed by atoms with Gasteiger partial charge in [-0.05, 0) is 37.6 Å². The van der Waals surface area contributed by atoms with Gasteiger partial charge in [0, 0.05) is 26.4 Å². The molecule has 0 unspecified atom stereocenters. The SMILES string of the molecule is CN(Cc1nnc2n1CCOCC2)S(=O)(=O)c1ccc2c(c1)CC(C)(C)O2. The first-order valence-corrected chi connectivity index (χ1v) is 10.5. The molecule has 1 aromatic carbocycles. The molecule has 3 heterocycles. The lowest BCUT2D eigenvalue weighted by molar-refractivity contribution is 0.138. The summed E-state index contributed by atoms with van der Waals surface area (Å²) in [6, 6.07) is 5.06. The molecule has 0 saturated heterocycles. The average molecular weight is 392 g/mol. The Kier molecular flexibility index (Phi) is 4.48. The summed E-state index contributed by atoms with van der Waals surface area (Å²) in [6.07, 6.45) is 1.37. The smallest absolute Gasteiger partial charge is 0.243 e. The van der Waals surface area contributed by atoms with Crippen molar-refractivity contribution >= 4 is 10.0 Å². The van der Waals surface area contributed by atoms with Crippen LogP contribution >= 0.6 is 0 Å². The Morgan fingerprint density at radius 3 is 2.89 bits per heavy atom. The van der Waals surface area contributed by atoms with Gasteiger partial charge in [-0.2, -0.15) is 4.31 Å². The topological polar surface area (TPSA) is 86.6 Å². The number of fused-ring (bicyclic) bond motifs is 2. The van der Waals surface area contributed by atoms with Crippen molar-refractivity contribution in [3.63, 3.8) is 0 Å². The van der Waals surface area contributed by atoms with E-state index in [2.05, 4.69) is 10.2 Å². The van der Waals surface area contributed by atoms with Crippen LogP contribution in [0.4, 0.5) is 0 Å². The van der Waals surface area contributed by atoms with Crippen molar-refractivity contribution in [3.8, 4) is 5.75 Å². The summed E-state index contributed by atoms with van der Waals surface area (Å²) >= 11 is 0. The van der Waals surface area contributed by atoms with Crippen LogP contribution in [0.2, 0.25) is 0 Å². The Labute approximate surface area is 159 Å². The molecular weight excluding hydrogens is 368 g/mol. The second-order valence-corrected chi connectivity index (χ2v) is 9.66. The molecule has 2 aliphatic heterocycles. The molecule has 0 saturated carbocycles. The molecular formula is C18H24N4O4S. The predicted octanol–water partition coefficient (Wildman–Crippen LogP) is 1.38. The van der Waals surface area contributed by atoms with Gasteiger partial charge in [0.2, 0.25) is 10.0 Å². The maximum Gasteiger partial charge on any atom is 0.243 e. The summed E-state index contributed by atoms with van der Waals surface area (Å²) in [4.78, 5) is 0.268. The van der Waals surface area contributed by atoms with Crippen LogP contribution < -0.4 is 4.74 Å². The lowest BCUT2D eigenvalue weighted by atomic mass is 10.0. The largest absolute Gasteiger partial charge is 0.487 e. The molecule has 0 radical (unpaired) electrons. The molecule has 9 heteroatoms. The van der Waals surface area contributed by atoms with Crippen molar-refractivity contribution < 1.29 is 17.9 Å². The standard InChI is InChI=1S/C18H24N4O4S/c1-18(2)11-13-10-14(4-5-15(13)26-18)27(23,24)21(3)12-17-20-19-16-6-8-25-9-7-22(16)17/h4-5,10H,6-9,11-12H2,1-3H3. The van der Waals surface area contributed by atoms with Gasteiger partial charge in [0.1, 0.15) is 23.0 Å². The molecule has 8 nitrogen and oxygen atoms in total. The molecule has 2 aliphatic rings. The van der Waals surface area contributed by atoms with E-state index in [9.17, 15) is 8.42 Å². The summed E-state index contributed by atoms with van der Waals surface area (Å²) in [5.74, 6) is 2.22. The number of nitrogens with zero attached hydrogens (tertiary/aromatic N) is 4. The molecule has 1 aromatic heterocycles. The van der Waals surface area contributed by atoms with E-state index in [1.807, 2.05) is 18.4 Å². The van der Waals surface area contributed by atoms with E-state index in [4.69, 9.17) is 9.47 Å². The summed E-state index contributed by atoms with van der Waals surface area (Å²) in [6.45, 7) is 5.97. The molecule has 2 aromatic rings. The van der Waals surface area contributed by atoms with Crippen LogP contribution in [-0.4, -0.2) is 53.3 Å². The second-order valence-electron chi connectivity index (χ2n) is 7.62. The van der Waals surface area contributed by atoms with E-state index >= 15 is 0 Å². The maximum atomic E-state index is 13.1. The summed E-state index contributed by atoms with van der Waals surface area (Å²) in [5, 5.41) is 8.38. The van der Waals surface area contributed by atoms with Crippen LogP contribution in [0, 0.1) is 0 Å². The zero-order chi connectivity index (χ0) is 19.2. The normalized spacial score (nSPS) is 18.7. The predicted molar refractivity (Wildman–Crippen MR) is 98.1 cm³/mol. The van der Waals surface area contributed by atoms with Gasteiger partial charge in [0.05, 0.1) is 24.7 Å². The lowest BCUT2D eigenvalue weighted by Gasteiger charge is -2.18. The van der Waals surface area contributed by atoms with Gasteiger partial charge in [0.15, 0.2) is 0 Å². The number of hydrogen-bond acceptors (Lipinski definition) is 6. The molecule has 4 rings (SSSR count). The molecule has 0 fully saturated rings. The molecule has 0 bridgehead atoms. The van der Waals surface area contributed by atoms with Crippen LogP contribution in [0.1, 0.15) is 31.1 Å². The van der Waals surface area contributed by atoms with E-state index in [-0.39, 0.29) is 17.0 Å². The van der Waals surface area contributed by atoms with Crippen LogP contribution in [0.5, 0.6) is 5.75 Å². The zero-order valence-corrected chi connectivity index (χ0v) is 16.6. The Morgan fingerprint density at radius 1 is 1.26 bits per heavy atom. The van der Waals surface area contributed by atoms with Crippen molar-refractivity contribution in [1.82, 2.24) is 19.1 Å². The highest BCUT2D eigenvalue weighted by Gasteiger charge is 2.32. The summed E-state index contributed by atoms with van der Waals surface area (Å²) in [7, 11) is -2.08. The fraction of sp³-hybridized carbons (Fsp3) is 0.556. The van der Waals surface area contributed by atoms with E-state index in [1.54, 1.807) is 25.2 Å².